The zero-order valence-electron chi connectivity index (χ0n) is 11.7. The summed E-state index contributed by atoms with van der Waals surface area (Å²) in [5.74, 6) is -1.40. The average molecular weight is 337 g/mol. The van der Waals surface area contributed by atoms with Crippen molar-refractivity contribution >= 4 is 21.8 Å². The van der Waals surface area contributed by atoms with E-state index in [1.807, 2.05) is 0 Å². The Kier molecular flexibility index (Phi) is 4.00. The summed E-state index contributed by atoms with van der Waals surface area (Å²) < 4.78 is 36.8. The molecule has 0 aliphatic heterocycles. The standard InChI is InChI=1S/C13H11N3O6S/c1-22-13(18)12-11(15)7(5-14)6-16(12)9-3-2-8(4-10(9)17)23(19,20)21/h2-4,6,17H,15H2,1H3,(H,19,20,21). The summed E-state index contributed by atoms with van der Waals surface area (Å²) in [5.41, 5.74) is 5.33. The second-order valence-corrected chi connectivity index (χ2v) is 5.83. The third-order valence-corrected chi connectivity index (χ3v) is 3.90. The van der Waals surface area contributed by atoms with Crippen LogP contribution in [0.25, 0.3) is 5.69 Å². The fourth-order valence-electron chi connectivity index (χ4n) is 1.97. The number of hydrogen-bond acceptors (Lipinski definition) is 7. The van der Waals surface area contributed by atoms with Gasteiger partial charge in [0.2, 0.25) is 0 Å². The number of phenols is 1. The average Bonchev–Trinajstić information content (AvgIpc) is 2.82. The highest BCUT2D eigenvalue weighted by Crippen LogP contribution is 2.30. The van der Waals surface area contributed by atoms with Gasteiger partial charge in [-0.05, 0) is 12.1 Å². The molecule has 0 spiro atoms. The Bertz CT molecular complexity index is 939. The van der Waals surface area contributed by atoms with E-state index >= 15 is 0 Å². The zero-order chi connectivity index (χ0) is 17.4. The maximum absolute atomic E-state index is 11.8. The van der Waals surface area contributed by atoms with Crippen molar-refractivity contribution in [2.24, 2.45) is 0 Å². The van der Waals surface area contributed by atoms with Crippen molar-refractivity contribution < 1.29 is 27.6 Å². The number of aromatic hydroxyl groups is 1. The molecule has 2 rings (SSSR count). The fraction of sp³-hybridized carbons (Fsp3) is 0.0769. The van der Waals surface area contributed by atoms with Gasteiger partial charge in [-0.25, -0.2) is 4.79 Å². The van der Waals surface area contributed by atoms with Crippen molar-refractivity contribution in [1.29, 1.82) is 5.26 Å². The van der Waals surface area contributed by atoms with Gasteiger partial charge in [-0.3, -0.25) is 4.55 Å². The van der Waals surface area contributed by atoms with Gasteiger partial charge in [-0.15, -0.1) is 0 Å². The largest absolute Gasteiger partial charge is 0.506 e. The Balaban J connectivity index is 2.73. The van der Waals surface area contributed by atoms with E-state index in [1.165, 1.54) is 6.20 Å². The van der Waals surface area contributed by atoms with Gasteiger partial charge in [-0.2, -0.15) is 13.7 Å². The highest BCUT2D eigenvalue weighted by atomic mass is 32.2. The van der Waals surface area contributed by atoms with E-state index in [4.69, 9.17) is 15.5 Å². The number of benzene rings is 1. The number of carbonyl (C=O) groups excluding carboxylic acids is 1. The first kappa shape index (κ1) is 16.3. The number of nitrogens with zero attached hydrogens (tertiary/aromatic N) is 2. The van der Waals surface area contributed by atoms with Crippen LogP contribution in [0.3, 0.4) is 0 Å². The molecule has 0 atom stereocenters. The summed E-state index contributed by atoms with van der Waals surface area (Å²) in [4.78, 5) is 11.3. The van der Waals surface area contributed by atoms with Gasteiger partial charge >= 0.3 is 5.97 Å². The number of phenolic OH excluding ortho intramolecular Hbond substituents is 1. The molecule has 0 radical (unpaired) electrons. The van der Waals surface area contributed by atoms with Gasteiger partial charge in [0, 0.05) is 12.3 Å². The lowest BCUT2D eigenvalue weighted by molar-refractivity contribution is 0.0593. The first-order valence-electron chi connectivity index (χ1n) is 6.00. The summed E-state index contributed by atoms with van der Waals surface area (Å²) >= 11 is 0. The zero-order valence-corrected chi connectivity index (χ0v) is 12.5. The monoisotopic (exact) mass is 337 g/mol. The van der Waals surface area contributed by atoms with E-state index in [0.29, 0.717) is 0 Å². The van der Waals surface area contributed by atoms with Gasteiger partial charge in [0.1, 0.15) is 11.8 Å². The van der Waals surface area contributed by atoms with Crippen molar-refractivity contribution in [2.45, 2.75) is 4.90 Å². The first-order valence-corrected chi connectivity index (χ1v) is 7.44. The maximum atomic E-state index is 11.8. The maximum Gasteiger partial charge on any atom is 0.357 e. The molecule has 0 aliphatic rings. The molecule has 0 bridgehead atoms. The molecule has 1 aromatic carbocycles. The number of carbonyl (C=O) groups is 1. The molecule has 23 heavy (non-hydrogen) atoms. The topological polar surface area (TPSA) is 156 Å². The Labute approximate surface area is 130 Å². The summed E-state index contributed by atoms with van der Waals surface area (Å²) in [6, 6.07) is 4.75. The number of ether oxygens (including phenoxy) is 1. The number of esters is 1. The number of hydrogen-bond donors (Lipinski definition) is 3. The van der Waals surface area contributed by atoms with Crippen molar-refractivity contribution in [3.8, 4) is 17.5 Å². The Morgan fingerprint density at radius 1 is 1.43 bits per heavy atom. The molecule has 9 nitrogen and oxygen atoms in total. The van der Waals surface area contributed by atoms with Gasteiger partial charge in [0.15, 0.2) is 5.69 Å². The number of rotatable bonds is 3. The van der Waals surface area contributed by atoms with Crippen LogP contribution in [0.4, 0.5) is 5.69 Å². The van der Waals surface area contributed by atoms with Crippen LogP contribution >= 0.6 is 0 Å². The number of aromatic nitrogens is 1. The molecular formula is C13H11N3O6S. The molecule has 0 unspecified atom stereocenters. The van der Waals surface area contributed by atoms with E-state index in [0.717, 1.165) is 29.9 Å². The van der Waals surface area contributed by atoms with Crippen LogP contribution in [0.1, 0.15) is 16.1 Å². The van der Waals surface area contributed by atoms with E-state index < -0.39 is 26.7 Å². The van der Waals surface area contributed by atoms with Crippen LogP contribution in [0.15, 0.2) is 29.3 Å². The van der Waals surface area contributed by atoms with Crippen LogP contribution in [0.5, 0.6) is 5.75 Å². The molecule has 0 fully saturated rings. The summed E-state index contributed by atoms with van der Waals surface area (Å²) in [6.07, 6.45) is 1.20. The van der Waals surface area contributed by atoms with Gasteiger partial charge < -0.3 is 20.1 Å². The normalized spacial score (nSPS) is 11.0. The minimum Gasteiger partial charge on any atom is -0.506 e. The predicted octanol–water partition coefficient (Wildman–Crippen LogP) is 0.670. The third kappa shape index (κ3) is 2.83. The number of nitrogen functional groups attached to an aromatic ring is 1. The highest BCUT2D eigenvalue weighted by Gasteiger charge is 2.23. The number of nitrogens with two attached hydrogens (primary N) is 1. The molecule has 2 aromatic rings. The predicted molar refractivity (Wildman–Crippen MR) is 77.7 cm³/mol. The smallest absolute Gasteiger partial charge is 0.357 e. The van der Waals surface area contributed by atoms with Crippen LogP contribution in [-0.4, -0.2) is 35.7 Å². The van der Waals surface area contributed by atoms with Gasteiger partial charge in [0.25, 0.3) is 10.1 Å². The molecular weight excluding hydrogens is 326 g/mol. The molecule has 0 aliphatic carbocycles. The van der Waals surface area contributed by atoms with E-state index in [-0.39, 0.29) is 22.6 Å². The van der Waals surface area contributed by atoms with Crippen molar-refractivity contribution in [3.05, 3.63) is 35.7 Å². The van der Waals surface area contributed by atoms with Crippen molar-refractivity contribution in [1.82, 2.24) is 4.57 Å². The van der Waals surface area contributed by atoms with Crippen molar-refractivity contribution in [2.75, 3.05) is 12.8 Å². The minimum atomic E-state index is -4.50. The molecule has 120 valence electrons. The lowest BCUT2D eigenvalue weighted by Gasteiger charge is -2.11. The second-order valence-electron chi connectivity index (χ2n) is 4.40. The third-order valence-electron chi connectivity index (χ3n) is 3.05. The summed E-state index contributed by atoms with van der Waals surface area (Å²) in [7, 11) is -3.38. The van der Waals surface area contributed by atoms with Crippen molar-refractivity contribution in [3.63, 3.8) is 0 Å². The van der Waals surface area contributed by atoms with Crippen LogP contribution in [0, 0.1) is 11.3 Å². The fourth-order valence-corrected chi connectivity index (χ4v) is 2.47. The number of methoxy groups -OCH3 is 1. The van der Waals surface area contributed by atoms with Crippen LogP contribution in [0.2, 0.25) is 0 Å². The summed E-state index contributed by atoms with van der Waals surface area (Å²) in [5, 5.41) is 19.0. The lowest BCUT2D eigenvalue weighted by Crippen LogP contribution is -2.11. The molecule has 0 saturated carbocycles. The van der Waals surface area contributed by atoms with E-state index in [1.54, 1.807) is 6.07 Å². The molecule has 4 N–H and O–H groups in total. The van der Waals surface area contributed by atoms with Crippen LogP contribution < -0.4 is 5.73 Å². The number of anilines is 1. The molecule has 10 heteroatoms. The van der Waals surface area contributed by atoms with Crippen LogP contribution in [-0.2, 0) is 14.9 Å². The Hall–Kier alpha value is -3.03. The molecule has 1 aromatic heterocycles. The minimum absolute atomic E-state index is 0.0222. The van der Waals surface area contributed by atoms with E-state index in [9.17, 15) is 18.3 Å². The van der Waals surface area contributed by atoms with Gasteiger partial charge in [-0.1, -0.05) is 0 Å². The van der Waals surface area contributed by atoms with E-state index in [2.05, 4.69) is 4.74 Å². The summed E-state index contributed by atoms with van der Waals surface area (Å²) in [6.45, 7) is 0. The Morgan fingerprint density at radius 2 is 2.09 bits per heavy atom. The highest BCUT2D eigenvalue weighted by molar-refractivity contribution is 7.85. The second kappa shape index (κ2) is 5.64. The molecule has 1 heterocycles. The first-order chi connectivity index (χ1) is 10.7. The lowest BCUT2D eigenvalue weighted by atomic mass is 10.2. The van der Waals surface area contributed by atoms with Gasteiger partial charge in [0.05, 0.1) is 28.9 Å². The molecule has 0 amide bonds. The molecule has 0 saturated heterocycles. The SMILES string of the molecule is COC(=O)c1c(N)c(C#N)cn1-c1ccc(S(=O)(=O)O)cc1O. The quantitative estimate of drug-likeness (QED) is 0.545. The number of nitriles is 1. The Morgan fingerprint density at radius 3 is 2.57 bits per heavy atom.